The number of fused-ring (bicyclic) bond motifs is 10. The van der Waals surface area contributed by atoms with Gasteiger partial charge in [-0.1, -0.05) is 108 Å². The summed E-state index contributed by atoms with van der Waals surface area (Å²) in [5, 5.41) is 7.87. The molecule has 0 saturated carbocycles. The molecule has 9 rings (SSSR count). The Morgan fingerprint density at radius 1 is 0.511 bits per heavy atom. The van der Waals surface area contributed by atoms with Gasteiger partial charge in [-0.15, -0.1) is 0 Å². The summed E-state index contributed by atoms with van der Waals surface area (Å²) < 4.78 is 2.42. The summed E-state index contributed by atoms with van der Waals surface area (Å²) in [6.07, 6.45) is 0. The second-order valence-electron chi connectivity index (χ2n) is 14.8. The summed E-state index contributed by atoms with van der Waals surface area (Å²) in [5.74, 6) is 0. The molecular formula is C43H38N2. The highest BCUT2D eigenvalue weighted by Gasteiger charge is 2.57. The molecule has 45 heavy (non-hydrogen) atoms. The summed E-state index contributed by atoms with van der Waals surface area (Å²) >= 11 is 0. The average Bonchev–Trinajstić information content (AvgIpc) is 3.62. The topological polar surface area (TPSA) is 20.7 Å². The predicted molar refractivity (Wildman–Crippen MR) is 193 cm³/mol. The first-order valence-electron chi connectivity index (χ1n) is 16.2. The molecule has 220 valence electrons. The summed E-state index contributed by atoms with van der Waals surface area (Å²) in [4.78, 5) is 3.77. The highest BCUT2D eigenvalue weighted by Crippen LogP contribution is 2.63. The van der Waals surface area contributed by atoms with Crippen molar-refractivity contribution in [2.45, 2.75) is 52.4 Å². The zero-order valence-corrected chi connectivity index (χ0v) is 26.9. The third-order valence-electron chi connectivity index (χ3n) is 12.2. The second-order valence-corrected chi connectivity index (χ2v) is 14.8. The van der Waals surface area contributed by atoms with Crippen molar-refractivity contribution in [3.05, 3.63) is 126 Å². The minimum Gasteiger partial charge on any atom is -0.355 e. The maximum atomic E-state index is 3.77. The Hall–Kier alpha value is -4.82. The van der Waals surface area contributed by atoms with E-state index in [1.165, 1.54) is 82.3 Å². The average molecular weight is 583 g/mol. The molecule has 2 aromatic heterocycles. The van der Waals surface area contributed by atoms with Crippen molar-refractivity contribution >= 4 is 54.4 Å². The van der Waals surface area contributed by atoms with E-state index in [9.17, 15) is 0 Å². The van der Waals surface area contributed by atoms with Gasteiger partial charge in [0.1, 0.15) is 0 Å². The summed E-state index contributed by atoms with van der Waals surface area (Å²) in [6, 6.07) is 42.8. The van der Waals surface area contributed by atoms with Crippen LogP contribution in [0.2, 0.25) is 0 Å². The number of para-hydroxylation sites is 1. The fraction of sp³-hybridized carbons (Fsp3) is 0.209. The van der Waals surface area contributed by atoms with Crippen LogP contribution in [0.5, 0.6) is 0 Å². The Balaban J connectivity index is 1.32. The lowest BCUT2D eigenvalue weighted by Crippen LogP contribution is -2.42. The molecule has 0 saturated heterocycles. The first kappa shape index (κ1) is 26.6. The molecule has 0 spiro atoms. The molecule has 6 aromatic carbocycles. The number of aromatic amines is 1. The van der Waals surface area contributed by atoms with Gasteiger partial charge in [-0.2, -0.15) is 0 Å². The normalized spacial score (nSPS) is 16.8. The van der Waals surface area contributed by atoms with Crippen molar-refractivity contribution in [3.8, 4) is 16.8 Å². The molecule has 0 unspecified atom stereocenters. The van der Waals surface area contributed by atoms with E-state index in [0.717, 1.165) is 0 Å². The molecule has 0 atom stereocenters. The highest BCUT2D eigenvalue weighted by atomic mass is 15.0. The van der Waals surface area contributed by atoms with E-state index in [1.54, 1.807) is 0 Å². The van der Waals surface area contributed by atoms with Crippen molar-refractivity contribution in [2.75, 3.05) is 0 Å². The van der Waals surface area contributed by atoms with Crippen LogP contribution in [-0.2, 0) is 10.8 Å². The molecule has 0 aliphatic heterocycles. The van der Waals surface area contributed by atoms with Gasteiger partial charge in [0.05, 0.1) is 11.0 Å². The minimum atomic E-state index is 0.0235. The second kappa shape index (κ2) is 8.67. The molecule has 2 heteroatoms. The van der Waals surface area contributed by atoms with E-state index in [4.69, 9.17) is 0 Å². The fourth-order valence-electron chi connectivity index (χ4n) is 8.60. The van der Waals surface area contributed by atoms with E-state index in [0.29, 0.717) is 0 Å². The zero-order chi connectivity index (χ0) is 30.9. The number of hydrogen-bond donors (Lipinski definition) is 1. The van der Waals surface area contributed by atoms with Crippen molar-refractivity contribution in [2.24, 2.45) is 5.41 Å². The quantitative estimate of drug-likeness (QED) is 0.209. The molecule has 1 aliphatic rings. The number of nitrogens with zero attached hydrogens (tertiary/aromatic N) is 1. The maximum absolute atomic E-state index is 3.77. The van der Waals surface area contributed by atoms with Crippen LogP contribution < -0.4 is 0 Å². The molecule has 2 heterocycles. The van der Waals surface area contributed by atoms with Crippen LogP contribution in [0.3, 0.4) is 0 Å². The highest BCUT2D eigenvalue weighted by molar-refractivity contribution is 6.22. The Morgan fingerprint density at radius 3 is 1.98 bits per heavy atom. The number of aromatic nitrogens is 2. The van der Waals surface area contributed by atoms with Crippen LogP contribution in [0, 0.1) is 5.41 Å². The maximum Gasteiger partial charge on any atom is 0.0547 e. The van der Waals surface area contributed by atoms with Crippen molar-refractivity contribution < 1.29 is 0 Å². The first-order chi connectivity index (χ1) is 21.6. The minimum absolute atomic E-state index is 0.0235. The van der Waals surface area contributed by atoms with Crippen LogP contribution in [0.25, 0.3) is 71.2 Å². The van der Waals surface area contributed by atoms with Gasteiger partial charge in [0.2, 0.25) is 0 Å². The monoisotopic (exact) mass is 582 g/mol. The van der Waals surface area contributed by atoms with Crippen LogP contribution >= 0.6 is 0 Å². The van der Waals surface area contributed by atoms with Gasteiger partial charge in [-0.3, -0.25) is 0 Å². The summed E-state index contributed by atoms with van der Waals surface area (Å²) in [5.41, 5.74) is 11.8. The third kappa shape index (κ3) is 3.30. The van der Waals surface area contributed by atoms with Crippen LogP contribution in [0.4, 0.5) is 0 Å². The van der Waals surface area contributed by atoms with E-state index < -0.39 is 0 Å². The summed E-state index contributed by atoms with van der Waals surface area (Å²) in [7, 11) is 0. The van der Waals surface area contributed by atoms with E-state index in [2.05, 4.69) is 166 Å². The Bertz CT molecular complexity index is 2500. The van der Waals surface area contributed by atoms with Crippen molar-refractivity contribution in [3.63, 3.8) is 0 Å². The lowest BCUT2D eigenvalue weighted by molar-refractivity contribution is 0.125. The molecule has 0 fully saturated rings. The first-order valence-corrected chi connectivity index (χ1v) is 16.2. The largest absolute Gasteiger partial charge is 0.355 e. The third-order valence-corrected chi connectivity index (χ3v) is 12.2. The van der Waals surface area contributed by atoms with Crippen LogP contribution in [0.15, 0.2) is 115 Å². The number of hydrogen-bond acceptors (Lipinski definition) is 0. The van der Waals surface area contributed by atoms with Crippen molar-refractivity contribution in [1.29, 1.82) is 0 Å². The Morgan fingerprint density at radius 2 is 1.18 bits per heavy atom. The SMILES string of the molecule is CC1(C)c2ccc3[nH]c4ccc(-c5ccc6c(c5)c5c7ccccc7ccc5n6-c5ccccc5)cc4c3c2C(C)(C)C1(C)C. The fourth-order valence-corrected chi connectivity index (χ4v) is 8.60. The number of H-pyrrole nitrogens is 1. The zero-order valence-electron chi connectivity index (χ0n) is 26.9. The van der Waals surface area contributed by atoms with Gasteiger partial charge < -0.3 is 9.55 Å². The number of nitrogens with one attached hydrogen (secondary N) is 1. The molecule has 2 nitrogen and oxygen atoms in total. The molecule has 8 aromatic rings. The Kier molecular flexibility index (Phi) is 5.12. The lowest BCUT2D eigenvalue weighted by Gasteiger charge is -2.44. The van der Waals surface area contributed by atoms with Gasteiger partial charge in [0, 0.05) is 38.3 Å². The van der Waals surface area contributed by atoms with Crippen molar-refractivity contribution in [1.82, 2.24) is 9.55 Å². The van der Waals surface area contributed by atoms with Crippen LogP contribution in [-0.4, -0.2) is 9.55 Å². The van der Waals surface area contributed by atoms with E-state index in [-0.39, 0.29) is 16.2 Å². The molecule has 1 N–H and O–H groups in total. The molecule has 0 radical (unpaired) electrons. The molecular weight excluding hydrogens is 544 g/mol. The van der Waals surface area contributed by atoms with Gasteiger partial charge in [-0.05, 0) is 97.8 Å². The summed E-state index contributed by atoms with van der Waals surface area (Å²) in [6.45, 7) is 14.6. The standard InChI is InChI=1S/C43H38N2/c1-41(2)33-19-21-35-39(40(33)42(3,4)43(41,5)6)31-24-27(16-20-34(31)44-35)28-18-22-36-32(25-28)38-30-15-11-10-12-26(30)17-23-37(38)45(36)29-13-8-7-9-14-29/h7-25,44H,1-6H3. The lowest BCUT2D eigenvalue weighted by atomic mass is 9.59. The van der Waals surface area contributed by atoms with Gasteiger partial charge in [0.25, 0.3) is 0 Å². The van der Waals surface area contributed by atoms with E-state index >= 15 is 0 Å². The van der Waals surface area contributed by atoms with Gasteiger partial charge >= 0.3 is 0 Å². The van der Waals surface area contributed by atoms with Gasteiger partial charge in [0.15, 0.2) is 0 Å². The molecule has 0 amide bonds. The van der Waals surface area contributed by atoms with E-state index in [1.807, 2.05) is 0 Å². The smallest absolute Gasteiger partial charge is 0.0547 e. The van der Waals surface area contributed by atoms with Gasteiger partial charge in [-0.25, -0.2) is 0 Å². The number of rotatable bonds is 2. The molecule has 0 bridgehead atoms. The number of benzene rings is 6. The molecule has 1 aliphatic carbocycles. The Labute approximate surface area is 264 Å². The van der Waals surface area contributed by atoms with Crippen LogP contribution in [0.1, 0.15) is 52.7 Å². The predicted octanol–water partition coefficient (Wildman–Crippen LogP) is 11.8.